The summed E-state index contributed by atoms with van der Waals surface area (Å²) in [6, 6.07) is 0. The van der Waals surface area contributed by atoms with Gasteiger partial charge in [-0.1, -0.05) is 52.4 Å². The lowest BCUT2D eigenvalue weighted by Gasteiger charge is -2.25. The van der Waals surface area contributed by atoms with Crippen molar-refractivity contribution in [2.45, 2.75) is 84.2 Å². The van der Waals surface area contributed by atoms with E-state index in [1.54, 1.807) is 6.92 Å². The largest absolute Gasteiger partial charge is 0.479 e. The van der Waals surface area contributed by atoms with E-state index in [0.717, 1.165) is 25.7 Å². The second kappa shape index (κ2) is 10.4. The Hall–Kier alpha value is -0.570. The summed E-state index contributed by atoms with van der Waals surface area (Å²) in [5, 5.41) is 9.27. The van der Waals surface area contributed by atoms with Crippen molar-refractivity contribution in [2.75, 3.05) is 6.61 Å². The molecule has 0 heterocycles. The van der Waals surface area contributed by atoms with Gasteiger partial charge in [-0.05, 0) is 26.2 Å². The van der Waals surface area contributed by atoms with Gasteiger partial charge in [0.15, 0.2) is 5.60 Å². The third kappa shape index (κ3) is 7.70. The Morgan fingerprint density at radius 3 is 2.06 bits per heavy atom. The number of carbonyl (C=O) groups is 1. The second-order valence-electron chi connectivity index (χ2n) is 5.26. The molecule has 0 aliphatic rings. The molecule has 108 valence electrons. The smallest absolute Gasteiger partial charge is 0.335 e. The predicted molar refractivity (Wildman–Crippen MR) is 74.9 cm³/mol. The first-order chi connectivity index (χ1) is 8.56. The van der Waals surface area contributed by atoms with Crippen molar-refractivity contribution in [2.24, 2.45) is 0 Å². The number of aliphatic carboxylic acids is 1. The van der Waals surface area contributed by atoms with Crippen molar-refractivity contribution in [3.8, 4) is 0 Å². The average molecular weight is 258 g/mol. The Bertz CT molecular complexity index is 216. The van der Waals surface area contributed by atoms with Gasteiger partial charge in [0.1, 0.15) is 0 Å². The molecule has 3 nitrogen and oxygen atoms in total. The van der Waals surface area contributed by atoms with E-state index < -0.39 is 11.6 Å². The van der Waals surface area contributed by atoms with Crippen molar-refractivity contribution >= 4 is 5.97 Å². The van der Waals surface area contributed by atoms with Gasteiger partial charge in [0.2, 0.25) is 0 Å². The normalized spacial score (nSPS) is 14.4. The fraction of sp³-hybridized carbons (Fsp3) is 0.933. The standard InChI is InChI=1S/C15H30O3/c1-4-6-8-10-12-15(3,14(16)17)18-13-11-9-7-5-2/h4-13H2,1-3H3,(H,16,17). The molecule has 0 rings (SSSR count). The first-order valence-corrected chi connectivity index (χ1v) is 7.44. The first-order valence-electron chi connectivity index (χ1n) is 7.44. The minimum absolute atomic E-state index is 0.566. The van der Waals surface area contributed by atoms with E-state index in [1.807, 2.05) is 0 Å². The number of carboxylic acids is 1. The zero-order valence-electron chi connectivity index (χ0n) is 12.3. The van der Waals surface area contributed by atoms with Gasteiger partial charge < -0.3 is 9.84 Å². The summed E-state index contributed by atoms with van der Waals surface area (Å²) in [5.41, 5.74) is -0.986. The van der Waals surface area contributed by atoms with Gasteiger partial charge in [-0.3, -0.25) is 0 Å². The quantitative estimate of drug-likeness (QED) is 0.528. The lowest BCUT2D eigenvalue weighted by Crippen LogP contribution is -2.38. The summed E-state index contributed by atoms with van der Waals surface area (Å²) in [4.78, 5) is 11.3. The Labute approximate surface area is 112 Å². The maximum atomic E-state index is 11.3. The van der Waals surface area contributed by atoms with E-state index in [2.05, 4.69) is 13.8 Å². The van der Waals surface area contributed by atoms with Crippen molar-refractivity contribution in [3.05, 3.63) is 0 Å². The number of ether oxygens (including phenoxy) is 1. The highest BCUT2D eigenvalue weighted by molar-refractivity contribution is 5.76. The van der Waals surface area contributed by atoms with Crippen LogP contribution in [-0.4, -0.2) is 23.3 Å². The van der Waals surface area contributed by atoms with Crippen molar-refractivity contribution in [3.63, 3.8) is 0 Å². The summed E-state index contributed by atoms with van der Waals surface area (Å²) in [5.74, 6) is -0.825. The fourth-order valence-corrected chi connectivity index (χ4v) is 1.96. The molecular weight excluding hydrogens is 228 g/mol. The van der Waals surface area contributed by atoms with Gasteiger partial charge in [0.05, 0.1) is 0 Å². The van der Waals surface area contributed by atoms with Crippen LogP contribution in [0.25, 0.3) is 0 Å². The molecule has 0 aromatic rings. The van der Waals surface area contributed by atoms with Gasteiger partial charge in [0.25, 0.3) is 0 Å². The molecule has 3 heteroatoms. The fourth-order valence-electron chi connectivity index (χ4n) is 1.96. The number of hydrogen-bond donors (Lipinski definition) is 1. The van der Waals surface area contributed by atoms with E-state index in [-0.39, 0.29) is 0 Å². The lowest BCUT2D eigenvalue weighted by atomic mass is 9.97. The lowest BCUT2D eigenvalue weighted by molar-refractivity contribution is -0.165. The number of hydrogen-bond acceptors (Lipinski definition) is 2. The topological polar surface area (TPSA) is 46.5 Å². The van der Waals surface area contributed by atoms with Gasteiger partial charge >= 0.3 is 5.97 Å². The molecule has 0 aliphatic carbocycles. The molecule has 0 aliphatic heterocycles. The number of unbranched alkanes of at least 4 members (excludes halogenated alkanes) is 6. The van der Waals surface area contributed by atoms with Crippen LogP contribution in [0.5, 0.6) is 0 Å². The zero-order chi connectivity index (χ0) is 13.9. The van der Waals surface area contributed by atoms with Crippen molar-refractivity contribution < 1.29 is 14.6 Å². The van der Waals surface area contributed by atoms with Gasteiger partial charge in [-0.25, -0.2) is 4.79 Å². The minimum atomic E-state index is -0.986. The Kier molecular flexibility index (Phi) is 10.0. The summed E-state index contributed by atoms with van der Waals surface area (Å²) >= 11 is 0. The van der Waals surface area contributed by atoms with Crippen LogP contribution in [0.4, 0.5) is 0 Å². The average Bonchev–Trinajstić information content (AvgIpc) is 2.34. The van der Waals surface area contributed by atoms with Crippen LogP contribution >= 0.6 is 0 Å². The molecule has 1 unspecified atom stereocenters. The van der Waals surface area contributed by atoms with Crippen LogP contribution in [-0.2, 0) is 9.53 Å². The number of carboxylic acid groups (broad SMARTS) is 1. The molecule has 0 saturated heterocycles. The highest BCUT2D eigenvalue weighted by Crippen LogP contribution is 2.21. The molecule has 0 aromatic heterocycles. The van der Waals surface area contributed by atoms with E-state index in [1.165, 1.54) is 25.7 Å². The molecule has 18 heavy (non-hydrogen) atoms. The molecule has 0 fully saturated rings. The summed E-state index contributed by atoms with van der Waals surface area (Å²) < 4.78 is 5.62. The van der Waals surface area contributed by atoms with E-state index >= 15 is 0 Å². The molecular formula is C15H30O3. The monoisotopic (exact) mass is 258 g/mol. The third-order valence-electron chi connectivity index (χ3n) is 3.38. The molecule has 0 aromatic carbocycles. The van der Waals surface area contributed by atoms with Gasteiger partial charge in [-0.2, -0.15) is 0 Å². The Morgan fingerprint density at radius 2 is 1.56 bits per heavy atom. The first kappa shape index (κ1) is 17.4. The van der Waals surface area contributed by atoms with Crippen molar-refractivity contribution in [1.82, 2.24) is 0 Å². The van der Waals surface area contributed by atoms with Crippen LogP contribution < -0.4 is 0 Å². The predicted octanol–water partition coefficient (Wildman–Crippen LogP) is 4.40. The van der Waals surface area contributed by atoms with Crippen LogP contribution in [0, 0.1) is 0 Å². The van der Waals surface area contributed by atoms with Gasteiger partial charge in [0, 0.05) is 6.61 Å². The second-order valence-corrected chi connectivity index (χ2v) is 5.26. The van der Waals surface area contributed by atoms with Crippen LogP contribution in [0.2, 0.25) is 0 Å². The summed E-state index contributed by atoms with van der Waals surface area (Å²) in [6.07, 6.45) is 9.47. The highest BCUT2D eigenvalue weighted by atomic mass is 16.5. The minimum Gasteiger partial charge on any atom is -0.479 e. The molecule has 1 atom stereocenters. The van der Waals surface area contributed by atoms with Crippen molar-refractivity contribution in [1.29, 1.82) is 0 Å². The molecule has 1 N–H and O–H groups in total. The summed E-state index contributed by atoms with van der Waals surface area (Å²) in [6.45, 7) is 6.59. The van der Waals surface area contributed by atoms with E-state index in [9.17, 15) is 9.90 Å². The van der Waals surface area contributed by atoms with E-state index in [0.29, 0.717) is 13.0 Å². The molecule has 0 radical (unpaired) electrons. The third-order valence-corrected chi connectivity index (χ3v) is 3.38. The van der Waals surface area contributed by atoms with Gasteiger partial charge in [-0.15, -0.1) is 0 Å². The highest BCUT2D eigenvalue weighted by Gasteiger charge is 2.33. The summed E-state index contributed by atoms with van der Waals surface area (Å²) in [7, 11) is 0. The van der Waals surface area contributed by atoms with Crippen LogP contribution in [0.1, 0.15) is 78.6 Å². The molecule has 0 amide bonds. The molecule has 0 bridgehead atoms. The molecule has 0 saturated carbocycles. The van der Waals surface area contributed by atoms with E-state index in [4.69, 9.17) is 4.74 Å². The van der Waals surface area contributed by atoms with Crippen LogP contribution in [0.15, 0.2) is 0 Å². The number of rotatable bonds is 12. The Morgan fingerprint density at radius 1 is 1.00 bits per heavy atom. The SMILES string of the molecule is CCCCCCOC(C)(CCCCCC)C(=O)O. The molecule has 0 spiro atoms. The Balaban J connectivity index is 3.90. The maximum Gasteiger partial charge on any atom is 0.335 e. The zero-order valence-corrected chi connectivity index (χ0v) is 12.3. The maximum absolute atomic E-state index is 11.3. The van der Waals surface area contributed by atoms with Crippen LogP contribution in [0.3, 0.4) is 0 Å².